The Morgan fingerprint density at radius 2 is 2.06 bits per heavy atom. The van der Waals surface area contributed by atoms with Gasteiger partial charge in [0.15, 0.2) is 5.13 Å². The average Bonchev–Trinajstić information content (AvgIpc) is 3.58. The quantitative estimate of drug-likeness (QED) is 0.393. The van der Waals surface area contributed by atoms with Crippen molar-refractivity contribution in [1.82, 2.24) is 14.3 Å². The Kier molecular flexibility index (Phi) is 5.95. The molecule has 5 rings (SSSR count). The lowest BCUT2D eigenvalue weighted by Crippen LogP contribution is -2.47. The van der Waals surface area contributed by atoms with Crippen molar-refractivity contribution < 1.29 is 17.6 Å². The fraction of sp³-hybridized carbons (Fsp3) is 0.227. The number of rotatable bonds is 6. The number of halogens is 1. The van der Waals surface area contributed by atoms with Crippen LogP contribution in [0.3, 0.4) is 0 Å². The smallest absolute Gasteiger partial charge is 0.253 e. The molecule has 0 saturated carbocycles. The summed E-state index contributed by atoms with van der Waals surface area (Å²) in [6.45, 7) is 0.368. The second kappa shape index (κ2) is 8.90. The molecule has 0 N–H and O–H groups in total. The van der Waals surface area contributed by atoms with E-state index in [9.17, 15) is 17.6 Å². The Morgan fingerprint density at radius 1 is 1.18 bits per heavy atom. The van der Waals surface area contributed by atoms with E-state index in [2.05, 4.69) is 9.97 Å². The van der Waals surface area contributed by atoms with Crippen LogP contribution in [-0.2, 0) is 21.4 Å². The van der Waals surface area contributed by atoms with Crippen LogP contribution in [-0.4, -0.2) is 41.2 Å². The van der Waals surface area contributed by atoms with Gasteiger partial charge in [-0.3, -0.25) is 14.7 Å². The van der Waals surface area contributed by atoms with Gasteiger partial charge < -0.3 is 0 Å². The van der Waals surface area contributed by atoms with Crippen LogP contribution in [0.5, 0.6) is 0 Å². The van der Waals surface area contributed by atoms with Crippen LogP contribution in [0.4, 0.5) is 9.52 Å². The van der Waals surface area contributed by atoms with Crippen molar-refractivity contribution in [1.29, 1.82) is 0 Å². The van der Waals surface area contributed by atoms with E-state index in [1.54, 1.807) is 48.0 Å². The third-order valence-electron chi connectivity index (χ3n) is 5.45. The number of fused-ring (bicyclic) bond motifs is 1. The minimum absolute atomic E-state index is 0.102. The highest BCUT2D eigenvalue weighted by atomic mass is 32.2. The number of aromatic nitrogens is 2. The Labute approximate surface area is 198 Å². The molecule has 11 heteroatoms. The number of nitrogens with zero attached hydrogens (tertiary/aromatic N) is 4. The number of sulfonamides is 1. The number of benzene rings is 1. The van der Waals surface area contributed by atoms with Crippen LogP contribution in [0, 0.1) is 5.82 Å². The lowest BCUT2D eigenvalue weighted by molar-refractivity contribution is -0.121. The van der Waals surface area contributed by atoms with Crippen LogP contribution in [0.2, 0.25) is 0 Å². The fourth-order valence-electron chi connectivity index (χ4n) is 3.89. The van der Waals surface area contributed by atoms with Crippen molar-refractivity contribution in [2.75, 3.05) is 11.4 Å². The molecule has 0 bridgehead atoms. The number of thiazole rings is 1. The third kappa shape index (κ3) is 4.17. The molecule has 1 fully saturated rings. The third-order valence-corrected chi connectivity index (χ3v) is 9.77. The number of anilines is 1. The van der Waals surface area contributed by atoms with Crippen molar-refractivity contribution in [3.63, 3.8) is 0 Å². The molecule has 1 aromatic carbocycles. The summed E-state index contributed by atoms with van der Waals surface area (Å²) in [6, 6.07) is 12.4. The van der Waals surface area contributed by atoms with Crippen molar-refractivity contribution >= 4 is 54.0 Å². The minimum atomic E-state index is -3.80. The molecule has 0 radical (unpaired) electrons. The maximum atomic E-state index is 14.3. The van der Waals surface area contributed by atoms with Gasteiger partial charge in [-0.2, -0.15) is 4.31 Å². The molecule has 170 valence electrons. The maximum Gasteiger partial charge on any atom is 0.253 e. The number of hydrogen-bond acceptors (Lipinski definition) is 7. The summed E-state index contributed by atoms with van der Waals surface area (Å²) in [5, 5.41) is 2.01. The van der Waals surface area contributed by atoms with Gasteiger partial charge in [0.1, 0.15) is 21.6 Å². The first-order valence-electron chi connectivity index (χ1n) is 10.3. The van der Waals surface area contributed by atoms with Gasteiger partial charge >= 0.3 is 0 Å². The summed E-state index contributed by atoms with van der Waals surface area (Å²) in [7, 11) is -3.80. The predicted molar refractivity (Wildman–Crippen MR) is 126 cm³/mol. The van der Waals surface area contributed by atoms with E-state index in [4.69, 9.17) is 0 Å². The zero-order valence-corrected chi connectivity index (χ0v) is 19.7. The highest BCUT2D eigenvalue weighted by Crippen LogP contribution is 2.34. The summed E-state index contributed by atoms with van der Waals surface area (Å²) in [5.74, 6) is -0.860. The lowest BCUT2D eigenvalue weighted by atomic mass is 10.2. The first-order chi connectivity index (χ1) is 15.9. The predicted octanol–water partition coefficient (Wildman–Crippen LogP) is 4.28. The summed E-state index contributed by atoms with van der Waals surface area (Å²) in [5.41, 5.74) is 0.807. The van der Waals surface area contributed by atoms with Gasteiger partial charge in [0.25, 0.3) is 10.0 Å². The topological polar surface area (TPSA) is 83.5 Å². The van der Waals surface area contributed by atoms with E-state index in [1.165, 1.54) is 26.6 Å². The summed E-state index contributed by atoms with van der Waals surface area (Å²) >= 11 is 2.32. The van der Waals surface area contributed by atoms with Crippen LogP contribution in [0.25, 0.3) is 10.2 Å². The fourth-order valence-corrected chi connectivity index (χ4v) is 7.65. The van der Waals surface area contributed by atoms with E-state index in [-0.39, 0.29) is 22.8 Å². The maximum absolute atomic E-state index is 14.3. The van der Waals surface area contributed by atoms with Gasteiger partial charge in [-0.25, -0.2) is 17.8 Å². The first-order valence-corrected chi connectivity index (χ1v) is 13.4. The van der Waals surface area contributed by atoms with Crippen molar-refractivity contribution in [2.24, 2.45) is 0 Å². The van der Waals surface area contributed by atoms with Crippen molar-refractivity contribution in [3.8, 4) is 0 Å². The molecule has 4 heterocycles. The molecular formula is C22H19FN4O3S3. The van der Waals surface area contributed by atoms with E-state index in [0.29, 0.717) is 28.4 Å². The van der Waals surface area contributed by atoms with E-state index in [1.807, 2.05) is 6.07 Å². The molecule has 0 spiro atoms. The van der Waals surface area contributed by atoms with Gasteiger partial charge in [-0.1, -0.05) is 29.5 Å². The zero-order chi connectivity index (χ0) is 23.0. The van der Waals surface area contributed by atoms with Gasteiger partial charge in [0.05, 0.1) is 16.9 Å². The number of carbonyl (C=O) groups excluding carboxylic acids is 1. The SMILES string of the molecule is O=C(C1CCCN1S(=O)(=O)c1cccs1)N(Cc1ccccn1)c1nc2c(F)cccc2s1. The molecule has 33 heavy (non-hydrogen) atoms. The summed E-state index contributed by atoms with van der Waals surface area (Å²) < 4.78 is 42.8. The molecule has 4 aromatic rings. The second-order valence-electron chi connectivity index (χ2n) is 7.53. The number of carbonyl (C=O) groups is 1. The number of thiophene rings is 1. The number of hydrogen-bond donors (Lipinski definition) is 0. The van der Waals surface area contributed by atoms with Gasteiger partial charge in [0.2, 0.25) is 5.91 Å². The molecule has 7 nitrogen and oxygen atoms in total. The van der Waals surface area contributed by atoms with Crippen LogP contribution in [0.1, 0.15) is 18.5 Å². The van der Waals surface area contributed by atoms with Crippen molar-refractivity contribution in [3.05, 3.63) is 71.6 Å². The highest BCUT2D eigenvalue weighted by Gasteiger charge is 2.42. The molecule has 1 aliphatic heterocycles. The largest absolute Gasteiger partial charge is 0.281 e. The van der Waals surface area contributed by atoms with Crippen LogP contribution in [0.15, 0.2) is 64.3 Å². The monoisotopic (exact) mass is 502 g/mol. The van der Waals surface area contributed by atoms with Gasteiger partial charge in [-0.05, 0) is 48.6 Å². The Bertz CT molecular complexity index is 1390. The second-order valence-corrected chi connectivity index (χ2v) is 11.6. The van der Waals surface area contributed by atoms with E-state index < -0.39 is 27.8 Å². The molecule has 1 unspecified atom stereocenters. The Morgan fingerprint density at radius 3 is 2.79 bits per heavy atom. The lowest BCUT2D eigenvalue weighted by Gasteiger charge is -2.28. The molecule has 1 atom stereocenters. The minimum Gasteiger partial charge on any atom is -0.281 e. The number of pyridine rings is 1. The first kappa shape index (κ1) is 22.1. The molecule has 1 aliphatic rings. The molecule has 3 aromatic heterocycles. The standard InChI is InChI=1S/C22H19FN4O3S3/c23-16-7-3-9-18-20(16)25-22(32-18)26(14-15-6-1-2-11-24-15)21(28)17-8-4-12-27(17)33(29,30)19-10-5-13-31-19/h1-3,5-7,9-11,13,17H,4,8,12,14H2. The molecule has 1 saturated heterocycles. The normalized spacial score (nSPS) is 16.9. The summed E-state index contributed by atoms with van der Waals surface area (Å²) in [4.78, 5) is 23.9. The van der Waals surface area contributed by atoms with Gasteiger partial charge in [0, 0.05) is 12.7 Å². The molecule has 1 amide bonds. The Hall–Kier alpha value is -2.73. The summed E-state index contributed by atoms with van der Waals surface area (Å²) in [6.07, 6.45) is 2.60. The average molecular weight is 503 g/mol. The number of para-hydroxylation sites is 1. The van der Waals surface area contributed by atoms with Gasteiger partial charge in [-0.15, -0.1) is 11.3 Å². The molecule has 0 aliphatic carbocycles. The van der Waals surface area contributed by atoms with Crippen LogP contribution < -0.4 is 4.90 Å². The van der Waals surface area contributed by atoms with Crippen LogP contribution >= 0.6 is 22.7 Å². The highest BCUT2D eigenvalue weighted by molar-refractivity contribution is 7.91. The van der Waals surface area contributed by atoms with E-state index in [0.717, 1.165) is 11.3 Å². The van der Waals surface area contributed by atoms with Crippen molar-refractivity contribution in [2.45, 2.75) is 29.6 Å². The molecular weight excluding hydrogens is 483 g/mol. The zero-order valence-electron chi connectivity index (χ0n) is 17.3. The Balaban J connectivity index is 1.54. The number of amides is 1. The van der Waals surface area contributed by atoms with E-state index >= 15 is 0 Å².